The van der Waals surface area contributed by atoms with E-state index >= 15 is 0 Å². The van der Waals surface area contributed by atoms with Crippen molar-refractivity contribution in [2.24, 2.45) is 11.7 Å². The predicted molar refractivity (Wildman–Crippen MR) is 46.9 cm³/mol. The standard InChI is InChI=1S/C8H15N3O2/c1-5(2)3-7-10-8(13-11-7)6(9)4-12/h5-6,12H,3-4,9H2,1-2H3. The zero-order chi connectivity index (χ0) is 9.84. The summed E-state index contributed by atoms with van der Waals surface area (Å²) in [5, 5.41) is 12.5. The number of nitrogens with zero attached hydrogens (tertiary/aromatic N) is 2. The summed E-state index contributed by atoms with van der Waals surface area (Å²) in [6.45, 7) is 3.97. The fourth-order valence-electron chi connectivity index (χ4n) is 0.944. The highest BCUT2D eigenvalue weighted by Crippen LogP contribution is 2.09. The van der Waals surface area contributed by atoms with Crippen LogP contribution in [0.2, 0.25) is 0 Å². The van der Waals surface area contributed by atoms with E-state index in [0.717, 1.165) is 6.42 Å². The number of aliphatic hydroxyl groups excluding tert-OH is 1. The SMILES string of the molecule is CC(C)Cc1noc(C(N)CO)n1. The van der Waals surface area contributed by atoms with Crippen LogP contribution < -0.4 is 5.73 Å². The van der Waals surface area contributed by atoms with Crippen molar-refractivity contribution >= 4 is 0 Å². The summed E-state index contributed by atoms with van der Waals surface area (Å²) in [4.78, 5) is 4.06. The zero-order valence-corrected chi connectivity index (χ0v) is 7.90. The Balaban J connectivity index is 2.63. The summed E-state index contributed by atoms with van der Waals surface area (Å²) < 4.78 is 4.87. The number of nitrogens with two attached hydrogens (primary N) is 1. The second-order valence-corrected chi connectivity index (χ2v) is 3.44. The molecule has 1 atom stereocenters. The van der Waals surface area contributed by atoms with Gasteiger partial charge in [0, 0.05) is 6.42 Å². The van der Waals surface area contributed by atoms with E-state index in [1.165, 1.54) is 0 Å². The zero-order valence-electron chi connectivity index (χ0n) is 7.90. The van der Waals surface area contributed by atoms with Gasteiger partial charge in [0.2, 0.25) is 5.89 Å². The summed E-state index contributed by atoms with van der Waals surface area (Å²) in [7, 11) is 0. The minimum Gasteiger partial charge on any atom is -0.394 e. The molecule has 0 spiro atoms. The van der Waals surface area contributed by atoms with Crippen LogP contribution in [0.25, 0.3) is 0 Å². The maximum atomic E-state index is 8.73. The summed E-state index contributed by atoms with van der Waals surface area (Å²) in [5.74, 6) is 1.43. The molecule has 5 heteroatoms. The van der Waals surface area contributed by atoms with Crippen molar-refractivity contribution in [3.05, 3.63) is 11.7 Å². The highest BCUT2D eigenvalue weighted by Gasteiger charge is 2.13. The Kier molecular flexibility index (Phi) is 3.39. The van der Waals surface area contributed by atoms with Crippen LogP contribution in [0.15, 0.2) is 4.52 Å². The Morgan fingerprint density at radius 1 is 1.54 bits per heavy atom. The molecule has 13 heavy (non-hydrogen) atoms. The molecule has 1 aromatic rings. The van der Waals surface area contributed by atoms with Crippen molar-refractivity contribution in [2.75, 3.05) is 6.61 Å². The molecule has 0 amide bonds. The molecule has 0 radical (unpaired) electrons. The van der Waals surface area contributed by atoms with E-state index in [1.807, 2.05) is 0 Å². The van der Waals surface area contributed by atoms with Gasteiger partial charge in [0.25, 0.3) is 0 Å². The predicted octanol–water partition coefficient (Wildman–Crippen LogP) is 0.260. The fraction of sp³-hybridized carbons (Fsp3) is 0.750. The van der Waals surface area contributed by atoms with E-state index < -0.39 is 6.04 Å². The van der Waals surface area contributed by atoms with Crippen LogP contribution in [-0.2, 0) is 6.42 Å². The molecule has 0 saturated carbocycles. The molecule has 3 N–H and O–H groups in total. The Labute approximate surface area is 76.9 Å². The number of aliphatic hydroxyl groups is 1. The van der Waals surface area contributed by atoms with Gasteiger partial charge in [0.1, 0.15) is 6.04 Å². The third-order valence-corrected chi connectivity index (χ3v) is 1.59. The van der Waals surface area contributed by atoms with E-state index in [9.17, 15) is 0 Å². The monoisotopic (exact) mass is 185 g/mol. The molecule has 0 fully saturated rings. The normalized spacial score (nSPS) is 13.6. The lowest BCUT2D eigenvalue weighted by Gasteiger charge is -1.99. The van der Waals surface area contributed by atoms with E-state index in [-0.39, 0.29) is 6.61 Å². The molecule has 1 unspecified atom stereocenters. The van der Waals surface area contributed by atoms with Crippen molar-refractivity contribution in [2.45, 2.75) is 26.3 Å². The van der Waals surface area contributed by atoms with E-state index in [4.69, 9.17) is 15.4 Å². The van der Waals surface area contributed by atoms with Crippen LogP contribution in [0.3, 0.4) is 0 Å². The Morgan fingerprint density at radius 2 is 2.23 bits per heavy atom. The van der Waals surface area contributed by atoms with Crippen molar-refractivity contribution < 1.29 is 9.63 Å². The molecule has 0 aliphatic carbocycles. The van der Waals surface area contributed by atoms with Gasteiger partial charge in [0.05, 0.1) is 6.61 Å². The second kappa shape index (κ2) is 4.34. The van der Waals surface area contributed by atoms with E-state index in [1.54, 1.807) is 0 Å². The lowest BCUT2D eigenvalue weighted by Crippen LogP contribution is -2.14. The van der Waals surface area contributed by atoms with Gasteiger partial charge in [-0.3, -0.25) is 0 Å². The largest absolute Gasteiger partial charge is 0.394 e. The summed E-state index contributed by atoms with van der Waals surface area (Å²) in [6, 6.07) is -0.562. The maximum Gasteiger partial charge on any atom is 0.245 e. The van der Waals surface area contributed by atoms with Crippen LogP contribution in [0.4, 0.5) is 0 Å². The van der Waals surface area contributed by atoms with Gasteiger partial charge >= 0.3 is 0 Å². The Morgan fingerprint density at radius 3 is 2.77 bits per heavy atom. The van der Waals surface area contributed by atoms with Gasteiger partial charge in [-0.15, -0.1) is 0 Å². The molecule has 5 nitrogen and oxygen atoms in total. The highest BCUT2D eigenvalue weighted by atomic mass is 16.5. The smallest absolute Gasteiger partial charge is 0.245 e. The van der Waals surface area contributed by atoms with Crippen molar-refractivity contribution in [3.8, 4) is 0 Å². The molecule has 0 aliphatic rings. The molecular formula is C8H15N3O2. The first-order valence-electron chi connectivity index (χ1n) is 4.32. The van der Waals surface area contributed by atoms with Crippen molar-refractivity contribution in [3.63, 3.8) is 0 Å². The average molecular weight is 185 g/mol. The molecule has 0 aromatic carbocycles. The molecule has 74 valence electrons. The first kappa shape index (κ1) is 10.1. The van der Waals surface area contributed by atoms with Gasteiger partial charge < -0.3 is 15.4 Å². The van der Waals surface area contributed by atoms with Crippen LogP contribution in [-0.4, -0.2) is 21.9 Å². The minimum absolute atomic E-state index is 0.177. The number of hydrogen-bond donors (Lipinski definition) is 2. The lowest BCUT2D eigenvalue weighted by molar-refractivity contribution is 0.236. The topological polar surface area (TPSA) is 85.2 Å². The first-order valence-corrected chi connectivity index (χ1v) is 4.32. The van der Waals surface area contributed by atoms with Crippen molar-refractivity contribution in [1.82, 2.24) is 10.1 Å². The van der Waals surface area contributed by atoms with Crippen LogP contribution in [0, 0.1) is 5.92 Å². The quantitative estimate of drug-likeness (QED) is 0.702. The van der Waals surface area contributed by atoms with Gasteiger partial charge in [-0.2, -0.15) is 4.98 Å². The second-order valence-electron chi connectivity index (χ2n) is 3.44. The van der Waals surface area contributed by atoms with Gasteiger partial charge in [-0.25, -0.2) is 0 Å². The molecule has 0 aliphatic heterocycles. The molecule has 1 rings (SSSR count). The molecule has 0 bridgehead atoms. The van der Waals surface area contributed by atoms with Gasteiger partial charge in [-0.1, -0.05) is 19.0 Å². The molecule has 1 aromatic heterocycles. The molecule has 1 heterocycles. The lowest BCUT2D eigenvalue weighted by atomic mass is 10.1. The Bertz CT molecular complexity index is 260. The van der Waals surface area contributed by atoms with Gasteiger partial charge in [0.15, 0.2) is 5.82 Å². The van der Waals surface area contributed by atoms with Gasteiger partial charge in [-0.05, 0) is 5.92 Å². The number of aromatic nitrogens is 2. The maximum absolute atomic E-state index is 8.73. The summed E-state index contributed by atoms with van der Waals surface area (Å²) >= 11 is 0. The van der Waals surface area contributed by atoms with E-state index in [0.29, 0.717) is 17.6 Å². The average Bonchev–Trinajstić information content (AvgIpc) is 2.50. The summed E-state index contributed by atoms with van der Waals surface area (Å²) in [6.07, 6.45) is 0.766. The van der Waals surface area contributed by atoms with E-state index in [2.05, 4.69) is 24.0 Å². The summed E-state index contributed by atoms with van der Waals surface area (Å²) in [5.41, 5.74) is 5.49. The molecular weight excluding hydrogens is 170 g/mol. The Hall–Kier alpha value is -0.940. The first-order chi connectivity index (χ1) is 6.13. The third-order valence-electron chi connectivity index (χ3n) is 1.59. The minimum atomic E-state index is -0.562. The number of hydrogen-bond acceptors (Lipinski definition) is 5. The van der Waals surface area contributed by atoms with Crippen LogP contribution in [0.5, 0.6) is 0 Å². The number of rotatable bonds is 4. The van der Waals surface area contributed by atoms with Crippen LogP contribution >= 0.6 is 0 Å². The van der Waals surface area contributed by atoms with Crippen molar-refractivity contribution in [1.29, 1.82) is 0 Å². The molecule has 0 saturated heterocycles. The fourth-order valence-corrected chi connectivity index (χ4v) is 0.944. The third kappa shape index (κ3) is 2.78. The highest BCUT2D eigenvalue weighted by molar-refractivity contribution is 4.92. The van der Waals surface area contributed by atoms with Crippen LogP contribution in [0.1, 0.15) is 31.6 Å².